The lowest BCUT2D eigenvalue weighted by atomic mass is 9.82. The Morgan fingerprint density at radius 1 is 1.35 bits per heavy atom. The highest BCUT2D eigenvalue weighted by Crippen LogP contribution is 2.28. The number of aryl methyl sites for hydroxylation is 1. The van der Waals surface area contributed by atoms with Gasteiger partial charge in [0.05, 0.1) is 6.54 Å². The van der Waals surface area contributed by atoms with Crippen LogP contribution in [0.25, 0.3) is 0 Å². The van der Waals surface area contributed by atoms with E-state index in [9.17, 15) is 0 Å². The number of rotatable bonds is 4. The number of ether oxygens (including phenoxy) is 1. The molecule has 1 aromatic heterocycles. The summed E-state index contributed by atoms with van der Waals surface area (Å²) in [5.41, 5.74) is 0.367. The maximum atomic E-state index is 5.40. The van der Waals surface area contributed by atoms with Gasteiger partial charge in [0, 0.05) is 26.8 Å². The van der Waals surface area contributed by atoms with Crippen molar-refractivity contribution in [3.63, 3.8) is 0 Å². The maximum absolute atomic E-state index is 5.40. The Hall–Kier alpha value is -0.940. The highest BCUT2D eigenvalue weighted by atomic mass is 16.5. The molecule has 1 aliphatic heterocycles. The van der Waals surface area contributed by atoms with E-state index in [1.807, 2.05) is 18.5 Å². The van der Waals surface area contributed by atoms with Crippen molar-refractivity contribution in [3.8, 4) is 0 Å². The monoisotopic (exact) mass is 238 g/mol. The Balaban J connectivity index is 1.81. The lowest BCUT2D eigenvalue weighted by Crippen LogP contribution is -2.36. The van der Waals surface area contributed by atoms with Gasteiger partial charge in [0.15, 0.2) is 0 Å². The van der Waals surface area contributed by atoms with Crippen molar-refractivity contribution in [1.29, 1.82) is 0 Å². The number of aromatic nitrogens is 3. The molecule has 0 saturated carbocycles. The molecule has 1 fully saturated rings. The molecule has 1 saturated heterocycles. The minimum atomic E-state index is 0.367. The highest BCUT2D eigenvalue weighted by molar-refractivity contribution is 4.92. The van der Waals surface area contributed by atoms with Crippen LogP contribution in [0, 0.1) is 12.3 Å². The molecule has 1 aliphatic rings. The average molecular weight is 238 g/mol. The quantitative estimate of drug-likeness (QED) is 0.851. The molecular weight excluding hydrogens is 216 g/mol. The smallest absolute Gasteiger partial charge is 0.146 e. The van der Waals surface area contributed by atoms with Crippen molar-refractivity contribution in [1.82, 2.24) is 20.1 Å². The molecule has 0 bridgehead atoms. The van der Waals surface area contributed by atoms with Crippen LogP contribution in [0.3, 0.4) is 0 Å². The van der Waals surface area contributed by atoms with Crippen LogP contribution in [-0.2, 0) is 18.3 Å². The number of hydrogen-bond donors (Lipinski definition) is 1. The fourth-order valence-corrected chi connectivity index (χ4v) is 2.12. The Morgan fingerprint density at radius 3 is 2.65 bits per heavy atom. The zero-order valence-corrected chi connectivity index (χ0v) is 11.0. The normalized spacial score (nSPS) is 19.5. The summed E-state index contributed by atoms with van der Waals surface area (Å²) in [5.74, 6) is 1.96. The first kappa shape index (κ1) is 12.5. The third-order valence-corrected chi connectivity index (χ3v) is 3.72. The molecule has 5 nitrogen and oxygen atoms in total. The van der Waals surface area contributed by atoms with E-state index in [1.54, 1.807) is 0 Å². The Bertz CT molecular complexity index is 369. The average Bonchev–Trinajstić information content (AvgIpc) is 2.62. The molecule has 1 aromatic rings. The van der Waals surface area contributed by atoms with E-state index < -0.39 is 0 Å². The van der Waals surface area contributed by atoms with Crippen LogP contribution >= 0.6 is 0 Å². The van der Waals surface area contributed by atoms with Crippen molar-refractivity contribution in [3.05, 3.63) is 11.6 Å². The van der Waals surface area contributed by atoms with Gasteiger partial charge in [-0.2, -0.15) is 0 Å². The Morgan fingerprint density at radius 2 is 2.06 bits per heavy atom. The molecule has 0 amide bonds. The molecule has 0 atom stereocenters. The molecule has 0 unspecified atom stereocenters. The molecule has 2 heterocycles. The minimum Gasteiger partial charge on any atom is -0.381 e. The largest absolute Gasteiger partial charge is 0.381 e. The fourth-order valence-electron chi connectivity index (χ4n) is 2.12. The molecule has 0 spiro atoms. The van der Waals surface area contributed by atoms with Crippen molar-refractivity contribution in [2.45, 2.75) is 33.2 Å². The van der Waals surface area contributed by atoms with Crippen LogP contribution in [0.4, 0.5) is 0 Å². The third-order valence-electron chi connectivity index (χ3n) is 3.72. The summed E-state index contributed by atoms with van der Waals surface area (Å²) < 4.78 is 7.42. The predicted molar refractivity (Wildman–Crippen MR) is 65.6 cm³/mol. The predicted octanol–water partition coefficient (Wildman–Crippen LogP) is 1.03. The summed E-state index contributed by atoms with van der Waals surface area (Å²) in [5, 5.41) is 11.7. The van der Waals surface area contributed by atoms with Crippen LogP contribution < -0.4 is 5.32 Å². The van der Waals surface area contributed by atoms with Crippen molar-refractivity contribution in [2.24, 2.45) is 12.5 Å². The minimum absolute atomic E-state index is 0.367. The fraction of sp³-hybridized carbons (Fsp3) is 0.833. The summed E-state index contributed by atoms with van der Waals surface area (Å²) in [4.78, 5) is 0. The highest BCUT2D eigenvalue weighted by Gasteiger charge is 2.26. The van der Waals surface area contributed by atoms with Gasteiger partial charge in [-0.1, -0.05) is 6.92 Å². The zero-order valence-electron chi connectivity index (χ0n) is 11.0. The first-order valence-electron chi connectivity index (χ1n) is 6.24. The second kappa shape index (κ2) is 5.14. The van der Waals surface area contributed by atoms with Gasteiger partial charge >= 0.3 is 0 Å². The second-order valence-corrected chi connectivity index (χ2v) is 5.25. The zero-order chi connectivity index (χ0) is 12.3. The van der Waals surface area contributed by atoms with Gasteiger partial charge in [-0.3, -0.25) is 0 Å². The van der Waals surface area contributed by atoms with Crippen LogP contribution in [0.5, 0.6) is 0 Å². The summed E-state index contributed by atoms with van der Waals surface area (Å²) in [7, 11) is 2.00. The van der Waals surface area contributed by atoms with Crippen LogP contribution in [0.1, 0.15) is 31.4 Å². The maximum Gasteiger partial charge on any atom is 0.146 e. The van der Waals surface area contributed by atoms with Crippen LogP contribution in [0.2, 0.25) is 0 Å². The molecular formula is C12H22N4O. The van der Waals surface area contributed by atoms with E-state index in [1.165, 1.54) is 0 Å². The molecule has 0 aliphatic carbocycles. The number of hydrogen-bond acceptors (Lipinski definition) is 4. The van der Waals surface area contributed by atoms with Crippen molar-refractivity contribution < 1.29 is 4.74 Å². The molecule has 1 N–H and O–H groups in total. The Labute approximate surface area is 103 Å². The first-order chi connectivity index (χ1) is 8.11. The van der Waals surface area contributed by atoms with Crippen molar-refractivity contribution >= 4 is 0 Å². The molecule has 0 aromatic carbocycles. The molecule has 96 valence electrons. The number of nitrogens with zero attached hydrogens (tertiary/aromatic N) is 3. The standard InChI is InChI=1S/C12H22N4O/c1-10-14-15-11(16(10)3)8-13-9-12(2)4-6-17-7-5-12/h13H,4-9H2,1-3H3. The summed E-state index contributed by atoms with van der Waals surface area (Å²) in [6.07, 6.45) is 2.27. The third kappa shape index (κ3) is 3.04. The Kier molecular flexibility index (Phi) is 3.79. The molecule has 17 heavy (non-hydrogen) atoms. The van der Waals surface area contributed by atoms with E-state index in [0.29, 0.717) is 5.41 Å². The van der Waals surface area contributed by atoms with Gasteiger partial charge in [-0.25, -0.2) is 0 Å². The summed E-state index contributed by atoms with van der Waals surface area (Å²) in [6, 6.07) is 0. The van der Waals surface area contributed by atoms with Gasteiger partial charge in [0.25, 0.3) is 0 Å². The summed E-state index contributed by atoms with van der Waals surface area (Å²) in [6.45, 7) is 7.87. The van der Waals surface area contributed by atoms with Crippen LogP contribution in [-0.4, -0.2) is 34.5 Å². The van der Waals surface area contributed by atoms with E-state index in [4.69, 9.17) is 4.74 Å². The van der Waals surface area contributed by atoms with E-state index in [-0.39, 0.29) is 0 Å². The lowest BCUT2D eigenvalue weighted by Gasteiger charge is -2.33. The van der Waals surface area contributed by atoms with E-state index in [2.05, 4.69) is 22.4 Å². The van der Waals surface area contributed by atoms with Crippen molar-refractivity contribution in [2.75, 3.05) is 19.8 Å². The van der Waals surface area contributed by atoms with Gasteiger partial charge in [-0.15, -0.1) is 10.2 Å². The lowest BCUT2D eigenvalue weighted by molar-refractivity contribution is 0.0239. The molecule has 5 heteroatoms. The molecule has 0 radical (unpaired) electrons. The molecule has 2 rings (SSSR count). The second-order valence-electron chi connectivity index (χ2n) is 5.25. The SMILES string of the molecule is Cc1nnc(CNCC2(C)CCOCC2)n1C. The topological polar surface area (TPSA) is 52.0 Å². The van der Waals surface area contributed by atoms with Gasteiger partial charge < -0.3 is 14.6 Å². The van der Waals surface area contributed by atoms with Crippen LogP contribution in [0.15, 0.2) is 0 Å². The first-order valence-corrected chi connectivity index (χ1v) is 6.24. The van der Waals surface area contributed by atoms with Gasteiger partial charge in [-0.05, 0) is 25.2 Å². The van der Waals surface area contributed by atoms with Gasteiger partial charge in [0.2, 0.25) is 0 Å². The van der Waals surface area contributed by atoms with E-state index in [0.717, 1.165) is 50.8 Å². The van der Waals surface area contributed by atoms with Gasteiger partial charge in [0.1, 0.15) is 11.6 Å². The number of nitrogens with one attached hydrogen (secondary N) is 1. The summed E-state index contributed by atoms with van der Waals surface area (Å²) >= 11 is 0. The van der Waals surface area contributed by atoms with E-state index >= 15 is 0 Å².